The average molecular weight is 272 g/mol. The summed E-state index contributed by atoms with van der Waals surface area (Å²) in [4.78, 5) is 19.0. The van der Waals surface area contributed by atoms with E-state index in [9.17, 15) is 4.79 Å². The van der Waals surface area contributed by atoms with Gasteiger partial charge in [-0.25, -0.2) is 9.50 Å². The largest absolute Gasteiger partial charge is 0.337 e. The third kappa shape index (κ3) is 2.28. The first-order valence-corrected chi connectivity index (χ1v) is 7.15. The van der Waals surface area contributed by atoms with Gasteiger partial charge in [-0.3, -0.25) is 4.79 Å². The smallest absolute Gasteiger partial charge is 0.272 e. The molecule has 5 heteroatoms. The van der Waals surface area contributed by atoms with E-state index in [4.69, 9.17) is 0 Å². The van der Waals surface area contributed by atoms with Gasteiger partial charge < -0.3 is 4.90 Å². The van der Waals surface area contributed by atoms with Crippen LogP contribution < -0.4 is 0 Å². The molecule has 1 fully saturated rings. The molecule has 0 spiro atoms. The highest BCUT2D eigenvalue weighted by molar-refractivity contribution is 5.93. The molecular formula is C15H20N4O. The van der Waals surface area contributed by atoms with Crippen molar-refractivity contribution in [3.05, 3.63) is 29.7 Å². The van der Waals surface area contributed by atoms with Gasteiger partial charge in [-0.15, -0.1) is 0 Å². The van der Waals surface area contributed by atoms with Gasteiger partial charge in [0.05, 0.1) is 5.69 Å². The Morgan fingerprint density at radius 3 is 2.70 bits per heavy atom. The topological polar surface area (TPSA) is 50.5 Å². The van der Waals surface area contributed by atoms with Crippen LogP contribution in [0.3, 0.4) is 0 Å². The highest BCUT2D eigenvalue weighted by Gasteiger charge is 2.27. The van der Waals surface area contributed by atoms with Gasteiger partial charge in [0.1, 0.15) is 5.69 Å². The number of likely N-dealkylation sites (tertiary alicyclic amines) is 1. The molecule has 2 atom stereocenters. The summed E-state index contributed by atoms with van der Waals surface area (Å²) < 4.78 is 1.65. The predicted molar refractivity (Wildman–Crippen MR) is 76.6 cm³/mol. The van der Waals surface area contributed by atoms with Crippen LogP contribution >= 0.6 is 0 Å². The Hall–Kier alpha value is -1.91. The molecule has 0 N–H and O–H groups in total. The lowest BCUT2D eigenvalue weighted by Crippen LogP contribution is -2.43. The molecule has 20 heavy (non-hydrogen) atoms. The van der Waals surface area contributed by atoms with Crippen LogP contribution in [0.2, 0.25) is 0 Å². The molecule has 5 nitrogen and oxygen atoms in total. The lowest BCUT2D eigenvalue weighted by atomic mass is 9.92. The molecule has 1 amide bonds. The number of carbonyl (C=O) groups excluding carboxylic acids is 1. The van der Waals surface area contributed by atoms with Crippen molar-refractivity contribution in [3.8, 4) is 0 Å². The summed E-state index contributed by atoms with van der Waals surface area (Å²) in [6.07, 6.45) is 2.87. The standard InChI is InChI=1S/C15H20N4O/c1-10-6-11(2)9-18(8-10)15(20)13-4-5-16-14-7-12(3)17-19(13)14/h4-5,7,10-11H,6,8-9H2,1-3H3. The first-order chi connectivity index (χ1) is 9.54. The number of rotatable bonds is 1. The third-order valence-electron chi connectivity index (χ3n) is 3.86. The van der Waals surface area contributed by atoms with Gasteiger partial charge >= 0.3 is 0 Å². The lowest BCUT2D eigenvalue weighted by Gasteiger charge is -2.34. The number of hydrogen-bond donors (Lipinski definition) is 0. The van der Waals surface area contributed by atoms with Crippen molar-refractivity contribution in [2.45, 2.75) is 27.2 Å². The van der Waals surface area contributed by atoms with E-state index in [1.165, 1.54) is 6.42 Å². The molecule has 0 radical (unpaired) electrons. The molecule has 106 valence electrons. The molecule has 0 bridgehead atoms. The van der Waals surface area contributed by atoms with Crippen molar-refractivity contribution in [1.29, 1.82) is 0 Å². The maximum Gasteiger partial charge on any atom is 0.272 e. The summed E-state index contributed by atoms with van der Waals surface area (Å²) >= 11 is 0. The maximum absolute atomic E-state index is 12.8. The van der Waals surface area contributed by atoms with Crippen LogP contribution in [0.4, 0.5) is 0 Å². The number of nitrogens with zero attached hydrogens (tertiary/aromatic N) is 4. The van der Waals surface area contributed by atoms with Crippen LogP contribution in [-0.4, -0.2) is 38.5 Å². The number of amides is 1. The minimum absolute atomic E-state index is 0.0545. The Morgan fingerprint density at radius 1 is 1.30 bits per heavy atom. The van der Waals surface area contributed by atoms with E-state index in [2.05, 4.69) is 23.9 Å². The number of aryl methyl sites for hydroxylation is 1. The van der Waals surface area contributed by atoms with Crippen LogP contribution in [0.1, 0.15) is 36.5 Å². The van der Waals surface area contributed by atoms with Crippen LogP contribution in [-0.2, 0) is 0 Å². The van der Waals surface area contributed by atoms with Crippen LogP contribution in [0.15, 0.2) is 18.3 Å². The van der Waals surface area contributed by atoms with E-state index in [1.54, 1.807) is 16.8 Å². The number of aromatic nitrogens is 3. The lowest BCUT2D eigenvalue weighted by molar-refractivity contribution is 0.0614. The molecule has 1 saturated heterocycles. The molecule has 2 aromatic heterocycles. The van der Waals surface area contributed by atoms with Gasteiger partial charge in [0.2, 0.25) is 0 Å². The van der Waals surface area contributed by atoms with Crippen molar-refractivity contribution in [2.24, 2.45) is 11.8 Å². The Labute approximate surface area is 118 Å². The van der Waals surface area contributed by atoms with Gasteiger partial charge in [-0.05, 0) is 31.2 Å². The zero-order chi connectivity index (χ0) is 14.3. The molecule has 0 aliphatic carbocycles. The number of piperidine rings is 1. The maximum atomic E-state index is 12.8. The Balaban J connectivity index is 1.96. The van der Waals surface area contributed by atoms with Gasteiger partial charge in [0, 0.05) is 25.4 Å². The second-order valence-electron chi connectivity index (χ2n) is 6.04. The van der Waals surface area contributed by atoms with E-state index in [1.807, 2.05) is 17.9 Å². The van der Waals surface area contributed by atoms with E-state index in [-0.39, 0.29) is 5.91 Å². The third-order valence-corrected chi connectivity index (χ3v) is 3.86. The fourth-order valence-electron chi connectivity index (χ4n) is 3.16. The van der Waals surface area contributed by atoms with E-state index in [0.29, 0.717) is 17.5 Å². The van der Waals surface area contributed by atoms with Crippen molar-refractivity contribution >= 4 is 11.6 Å². The van der Waals surface area contributed by atoms with Crippen LogP contribution in [0, 0.1) is 18.8 Å². The van der Waals surface area contributed by atoms with Gasteiger partial charge in [-0.1, -0.05) is 13.8 Å². The summed E-state index contributed by atoms with van der Waals surface area (Å²) in [6, 6.07) is 3.64. The molecule has 3 rings (SSSR count). The summed E-state index contributed by atoms with van der Waals surface area (Å²) in [5.41, 5.74) is 2.20. The SMILES string of the molecule is Cc1cc2nccc(C(=O)N3CC(C)CC(C)C3)n2n1. The quantitative estimate of drug-likeness (QED) is 0.799. The Morgan fingerprint density at radius 2 is 2.00 bits per heavy atom. The second-order valence-corrected chi connectivity index (χ2v) is 6.04. The monoisotopic (exact) mass is 272 g/mol. The van der Waals surface area contributed by atoms with Gasteiger partial charge in [0.25, 0.3) is 5.91 Å². The Kier molecular flexibility index (Phi) is 3.20. The van der Waals surface area contributed by atoms with E-state index < -0.39 is 0 Å². The summed E-state index contributed by atoms with van der Waals surface area (Å²) in [7, 11) is 0. The number of hydrogen-bond acceptors (Lipinski definition) is 3. The van der Waals surface area contributed by atoms with Crippen molar-refractivity contribution in [3.63, 3.8) is 0 Å². The molecule has 0 saturated carbocycles. The minimum atomic E-state index is 0.0545. The van der Waals surface area contributed by atoms with Crippen molar-refractivity contribution < 1.29 is 4.79 Å². The zero-order valence-electron chi connectivity index (χ0n) is 12.2. The fraction of sp³-hybridized carbons (Fsp3) is 0.533. The summed E-state index contributed by atoms with van der Waals surface area (Å²) in [5, 5.41) is 4.37. The second kappa shape index (κ2) is 4.89. The number of fused-ring (bicyclic) bond motifs is 1. The van der Waals surface area contributed by atoms with E-state index >= 15 is 0 Å². The summed E-state index contributed by atoms with van der Waals surface area (Å²) in [5.74, 6) is 1.16. The average Bonchev–Trinajstić information content (AvgIpc) is 2.76. The van der Waals surface area contributed by atoms with E-state index in [0.717, 1.165) is 24.4 Å². The van der Waals surface area contributed by atoms with Gasteiger partial charge in [-0.2, -0.15) is 5.10 Å². The molecule has 2 aromatic rings. The number of carbonyl (C=O) groups is 1. The molecule has 2 unspecified atom stereocenters. The normalized spacial score (nSPS) is 23.2. The molecule has 1 aliphatic rings. The predicted octanol–water partition coefficient (Wildman–Crippen LogP) is 2.16. The van der Waals surface area contributed by atoms with Crippen molar-refractivity contribution in [1.82, 2.24) is 19.5 Å². The highest BCUT2D eigenvalue weighted by atomic mass is 16.2. The van der Waals surface area contributed by atoms with Crippen LogP contribution in [0.5, 0.6) is 0 Å². The molecular weight excluding hydrogens is 252 g/mol. The summed E-state index contributed by atoms with van der Waals surface area (Å²) in [6.45, 7) is 7.97. The minimum Gasteiger partial charge on any atom is -0.337 e. The Bertz CT molecular complexity index is 638. The molecule has 3 heterocycles. The van der Waals surface area contributed by atoms with Crippen molar-refractivity contribution in [2.75, 3.05) is 13.1 Å². The molecule has 0 aromatic carbocycles. The highest BCUT2D eigenvalue weighted by Crippen LogP contribution is 2.22. The first-order valence-electron chi connectivity index (χ1n) is 7.15. The first kappa shape index (κ1) is 13.1. The zero-order valence-corrected chi connectivity index (χ0v) is 12.2. The van der Waals surface area contributed by atoms with Gasteiger partial charge in [0.15, 0.2) is 5.65 Å². The van der Waals surface area contributed by atoms with Crippen LogP contribution in [0.25, 0.3) is 5.65 Å². The fourth-order valence-corrected chi connectivity index (χ4v) is 3.16. The molecule has 1 aliphatic heterocycles.